The Kier molecular flexibility index (Phi) is 6.44. The summed E-state index contributed by atoms with van der Waals surface area (Å²) in [6, 6.07) is 11.9. The summed E-state index contributed by atoms with van der Waals surface area (Å²) in [5.41, 5.74) is 3.78. The van der Waals surface area contributed by atoms with E-state index in [1.54, 1.807) is 12.3 Å². The highest BCUT2D eigenvalue weighted by molar-refractivity contribution is 6.38. The van der Waals surface area contributed by atoms with Crippen molar-refractivity contribution < 1.29 is 15.0 Å². The molecular formula is C21H17Cl2N3O4. The fourth-order valence-corrected chi connectivity index (χ4v) is 3.13. The number of phenols is 2. The Labute approximate surface area is 181 Å². The van der Waals surface area contributed by atoms with E-state index in [0.717, 1.165) is 17.3 Å². The van der Waals surface area contributed by atoms with E-state index in [-0.39, 0.29) is 21.2 Å². The molecule has 1 aromatic heterocycles. The molecule has 1 heterocycles. The average molecular weight is 446 g/mol. The lowest BCUT2D eigenvalue weighted by Gasteiger charge is -2.08. The van der Waals surface area contributed by atoms with Crippen LogP contribution in [0.25, 0.3) is 0 Å². The van der Waals surface area contributed by atoms with Gasteiger partial charge in [0.25, 0.3) is 11.5 Å². The van der Waals surface area contributed by atoms with Crippen molar-refractivity contribution in [2.75, 3.05) is 0 Å². The largest absolute Gasteiger partial charge is 0.506 e. The van der Waals surface area contributed by atoms with E-state index in [2.05, 4.69) is 10.5 Å². The number of nitrogens with one attached hydrogen (secondary N) is 1. The minimum absolute atomic E-state index is 0.0768. The van der Waals surface area contributed by atoms with Crippen LogP contribution in [0.1, 0.15) is 27.0 Å². The monoisotopic (exact) mass is 445 g/mol. The second-order valence-electron chi connectivity index (χ2n) is 6.50. The van der Waals surface area contributed by atoms with Crippen molar-refractivity contribution in [3.8, 4) is 11.5 Å². The third kappa shape index (κ3) is 4.64. The summed E-state index contributed by atoms with van der Waals surface area (Å²) < 4.78 is 1.43. The molecule has 0 fully saturated rings. The molecule has 0 bridgehead atoms. The third-order valence-electron chi connectivity index (χ3n) is 4.31. The van der Waals surface area contributed by atoms with Gasteiger partial charge in [-0.05, 0) is 30.7 Å². The first-order chi connectivity index (χ1) is 14.3. The minimum Gasteiger partial charge on any atom is -0.506 e. The highest BCUT2D eigenvalue weighted by atomic mass is 35.5. The summed E-state index contributed by atoms with van der Waals surface area (Å²) in [6.07, 6.45) is 2.69. The van der Waals surface area contributed by atoms with Crippen molar-refractivity contribution >= 4 is 35.3 Å². The first kappa shape index (κ1) is 21.4. The molecule has 30 heavy (non-hydrogen) atoms. The van der Waals surface area contributed by atoms with Gasteiger partial charge in [-0.15, -0.1) is 0 Å². The van der Waals surface area contributed by atoms with Crippen molar-refractivity contribution in [1.82, 2.24) is 9.99 Å². The first-order valence-electron chi connectivity index (χ1n) is 8.76. The number of rotatable bonds is 5. The van der Waals surface area contributed by atoms with Crippen LogP contribution in [0.15, 0.2) is 58.6 Å². The van der Waals surface area contributed by atoms with Gasteiger partial charge in [0.1, 0.15) is 16.3 Å². The molecule has 0 radical (unpaired) electrons. The van der Waals surface area contributed by atoms with Gasteiger partial charge in [0.15, 0.2) is 5.75 Å². The fourth-order valence-electron chi connectivity index (χ4n) is 2.66. The van der Waals surface area contributed by atoms with Gasteiger partial charge in [0, 0.05) is 11.8 Å². The summed E-state index contributed by atoms with van der Waals surface area (Å²) >= 11 is 11.6. The summed E-state index contributed by atoms with van der Waals surface area (Å²) in [5, 5.41) is 22.8. The Balaban J connectivity index is 1.77. The number of hydrogen-bond donors (Lipinski definition) is 3. The summed E-state index contributed by atoms with van der Waals surface area (Å²) in [6.45, 7) is 2.29. The van der Waals surface area contributed by atoms with E-state index in [9.17, 15) is 19.8 Å². The van der Waals surface area contributed by atoms with Crippen molar-refractivity contribution in [1.29, 1.82) is 0 Å². The van der Waals surface area contributed by atoms with Gasteiger partial charge >= 0.3 is 0 Å². The zero-order valence-electron chi connectivity index (χ0n) is 15.8. The van der Waals surface area contributed by atoms with Crippen LogP contribution in [0.5, 0.6) is 11.5 Å². The fraction of sp³-hybridized carbons (Fsp3) is 0.0952. The Morgan fingerprint density at radius 2 is 1.87 bits per heavy atom. The number of hydrazone groups is 1. The maximum atomic E-state index is 12.6. The predicted molar refractivity (Wildman–Crippen MR) is 116 cm³/mol. The molecule has 7 nitrogen and oxygen atoms in total. The number of aryl methyl sites for hydroxylation is 1. The number of carbonyl (C=O) groups is 1. The molecule has 3 rings (SSSR count). The van der Waals surface area contributed by atoms with Crippen LogP contribution in [0, 0.1) is 6.92 Å². The maximum Gasteiger partial charge on any atom is 0.276 e. The van der Waals surface area contributed by atoms with Crippen molar-refractivity contribution in [3.05, 3.63) is 91.3 Å². The summed E-state index contributed by atoms with van der Waals surface area (Å²) in [4.78, 5) is 25.0. The van der Waals surface area contributed by atoms with Crippen LogP contribution >= 0.6 is 23.2 Å². The molecule has 0 unspecified atom stereocenters. The molecule has 0 spiro atoms. The highest BCUT2D eigenvalue weighted by Crippen LogP contribution is 2.40. The normalized spacial score (nSPS) is 11.0. The van der Waals surface area contributed by atoms with E-state index in [4.69, 9.17) is 23.2 Å². The third-order valence-corrected chi connectivity index (χ3v) is 4.95. The van der Waals surface area contributed by atoms with Crippen LogP contribution in [0.3, 0.4) is 0 Å². The SMILES string of the molecule is Cc1ccc(Cn2cccc(C(=O)N/N=C\c3cc(Cl)c(O)c(Cl)c3O)c2=O)cc1. The van der Waals surface area contributed by atoms with Gasteiger partial charge in [0.05, 0.1) is 17.8 Å². The number of nitrogens with zero attached hydrogens (tertiary/aromatic N) is 2. The number of aromatic hydroxyl groups is 2. The Morgan fingerprint density at radius 1 is 1.17 bits per heavy atom. The number of halogens is 2. The Bertz CT molecular complexity index is 1190. The first-order valence-corrected chi connectivity index (χ1v) is 9.52. The molecule has 154 valence electrons. The molecule has 0 aliphatic rings. The molecule has 0 saturated carbocycles. The molecule has 1 amide bonds. The zero-order valence-corrected chi connectivity index (χ0v) is 17.3. The lowest BCUT2D eigenvalue weighted by atomic mass is 10.1. The molecule has 0 aliphatic carbocycles. The van der Waals surface area contributed by atoms with E-state index >= 15 is 0 Å². The zero-order chi connectivity index (χ0) is 21.8. The van der Waals surface area contributed by atoms with Gasteiger partial charge in [-0.3, -0.25) is 9.59 Å². The Hall–Kier alpha value is -3.29. The number of hydrogen-bond acceptors (Lipinski definition) is 5. The van der Waals surface area contributed by atoms with E-state index in [1.807, 2.05) is 31.2 Å². The molecule has 3 N–H and O–H groups in total. The van der Waals surface area contributed by atoms with Crippen LogP contribution in [-0.2, 0) is 6.54 Å². The van der Waals surface area contributed by atoms with E-state index in [1.165, 1.54) is 16.7 Å². The number of phenolic OH excluding ortho intramolecular Hbond substituents is 2. The molecular weight excluding hydrogens is 429 g/mol. The number of pyridine rings is 1. The number of benzene rings is 2. The van der Waals surface area contributed by atoms with Gasteiger partial charge in [-0.25, -0.2) is 5.43 Å². The average Bonchev–Trinajstić information content (AvgIpc) is 2.73. The summed E-state index contributed by atoms with van der Waals surface area (Å²) in [7, 11) is 0. The number of carbonyl (C=O) groups excluding carboxylic acids is 1. The lowest BCUT2D eigenvalue weighted by Crippen LogP contribution is -2.30. The highest BCUT2D eigenvalue weighted by Gasteiger charge is 2.14. The van der Waals surface area contributed by atoms with Crippen LogP contribution in [-0.4, -0.2) is 26.9 Å². The minimum atomic E-state index is -0.718. The van der Waals surface area contributed by atoms with Gasteiger partial charge < -0.3 is 14.8 Å². The van der Waals surface area contributed by atoms with Crippen LogP contribution < -0.4 is 11.0 Å². The molecule has 0 saturated heterocycles. The smallest absolute Gasteiger partial charge is 0.276 e. The topological polar surface area (TPSA) is 104 Å². The lowest BCUT2D eigenvalue weighted by molar-refractivity contribution is 0.0953. The second kappa shape index (κ2) is 9.02. The van der Waals surface area contributed by atoms with Crippen molar-refractivity contribution in [3.63, 3.8) is 0 Å². The van der Waals surface area contributed by atoms with Gasteiger partial charge in [-0.2, -0.15) is 5.10 Å². The second-order valence-corrected chi connectivity index (χ2v) is 7.28. The molecule has 2 aromatic carbocycles. The number of aromatic nitrogens is 1. The molecule has 9 heteroatoms. The van der Waals surface area contributed by atoms with Crippen LogP contribution in [0.4, 0.5) is 0 Å². The predicted octanol–water partition coefficient (Wildman–Crippen LogP) is 3.69. The van der Waals surface area contributed by atoms with E-state index < -0.39 is 23.0 Å². The Morgan fingerprint density at radius 3 is 2.57 bits per heavy atom. The van der Waals surface area contributed by atoms with Gasteiger partial charge in [0.2, 0.25) is 0 Å². The van der Waals surface area contributed by atoms with Crippen molar-refractivity contribution in [2.45, 2.75) is 13.5 Å². The maximum absolute atomic E-state index is 12.6. The molecule has 3 aromatic rings. The van der Waals surface area contributed by atoms with E-state index in [0.29, 0.717) is 6.54 Å². The van der Waals surface area contributed by atoms with Crippen LogP contribution in [0.2, 0.25) is 10.0 Å². The van der Waals surface area contributed by atoms with Gasteiger partial charge in [-0.1, -0.05) is 53.0 Å². The number of amides is 1. The standard InChI is InChI=1S/C21H17Cl2N3O4/c1-12-4-6-13(7-5-12)11-26-8-2-3-15(21(26)30)20(29)25-24-10-14-9-16(22)19(28)17(23)18(14)27/h2-10,27-28H,11H2,1H3,(H,25,29)/b24-10-. The molecule has 0 aliphatic heterocycles. The van der Waals surface area contributed by atoms with Crippen molar-refractivity contribution in [2.24, 2.45) is 5.10 Å². The summed E-state index contributed by atoms with van der Waals surface area (Å²) in [5.74, 6) is -1.63. The molecule has 0 atom stereocenters. The quantitative estimate of drug-likeness (QED) is 0.411.